The third-order valence-corrected chi connectivity index (χ3v) is 6.60. The molecule has 0 aromatic heterocycles. The normalized spacial score (nSPS) is 17.1. The lowest BCUT2D eigenvalue weighted by Gasteiger charge is -2.36. The maximum atomic E-state index is 6.11. The van der Waals surface area contributed by atoms with E-state index in [1.807, 2.05) is 37.0 Å². The SMILES string of the molecule is CN=C(NCC(C)(C)Cc1cccc(Cl)c1)NCC1(SC)CCOCC1.I. The standard InChI is InChI=1S/C20H32ClN3OS.HI/c1-19(2,13-16-6-5-7-17(21)12-16)14-23-18(22-3)24-15-20(26-4)8-10-25-11-9-20;/h5-7,12H,8-11,13-15H2,1-4H3,(H2,22,23,24);1H. The molecule has 1 heterocycles. The van der Waals surface area contributed by atoms with E-state index in [-0.39, 0.29) is 34.1 Å². The molecule has 0 bridgehead atoms. The molecule has 0 unspecified atom stereocenters. The van der Waals surface area contributed by atoms with Gasteiger partial charge in [-0.3, -0.25) is 4.99 Å². The van der Waals surface area contributed by atoms with Crippen LogP contribution in [0.5, 0.6) is 0 Å². The summed E-state index contributed by atoms with van der Waals surface area (Å²) >= 11 is 8.04. The Morgan fingerprint density at radius 1 is 1.30 bits per heavy atom. The smallest absolute Gasteiger partial charge is 0.191 e. The minimum Gasteiger partial charge on any atom is -0.381 e. The van der Waals surface area contributed by atoms with Gasteiger partial charge in [-0.15, -0.1) is 24.0 Å². The maximum Gasteiger partial charge on any atom is 0.191 e. The largest absolute Gasteiger partial charge is 0.381 e. The first kappa shape index (κ1) is 24.9. The summed E-state index contributed by atoms with van der Waals surface area (Å²) in [7, 11) is 1.83. The van der Waals surface area contributed by atoms with E-state index in [0.717, 1.165) is 56.5 Å². The van der Waals surface area contributed by atoms with Gasteiger partial charge < -0.3 is 15.4 Å². The fourth-order valence-electron chi connectivity index (χ4n) is 3.25. The molecule has 27 heavy (non-hydrogen) atoms. The Kier molecular flexibility index (Phi) is 10.8. The van der Waals surface area contributed by atoms with Crippen LogP contribution in [-0.4, -0.2) is 50.3 Å². The molecule has 0 amide bonds. The van der Waals surface area contributed by atoms with E-state index in [9.17, 15) is 0 Å². The van der Waals surface area contributed by atoms with Gasteiger partial charge in [0.2, 0.25) is 0 Å². The Morgan fingerprint density at radius 2 is 2.00 bits per heavy atom. The molecule has 0 radical (unpaired) electrons. The van der Waals surface area contributed by atoms with E-state index in [0.29, 0.717) is 0 Å². The molecule has 1 aliphatic rings. The molecule has 2 rings (SSSR count). The lowest BCUT2D eigenvalue weighted by molar-refractivity contribution is 0.0782. The van der Waals surface area contributed by atoms with Gasteiger partial charge in [-0.1, -0.05) is 37.6 Å². The van der Waals surface area contributed by atoms with Gasteiger partial charge in [0.05, 0.1) is 0 Å². The number of halogens is 2. The first-order valence-electron chi connectivity index (χ1n) is 9.20. The maximum absolute atomic E-state index is 6.11. The Morgan fingerprint density at radius 3 is 2.59 bits per heavy atom. The molecule has 7 heteroatoms. The van der Waals surface area contributed by atoms with Crippen LogP contribution < -0.4 is 10.6 Å². The van der Waals surface area contributed by atoms with Crippen LogP contribution in [0.4, 0.5) is 0 Å². The fraction of sp³-hybridized carbons (Fsp3) is 0.650. The molecule has 0 spiro atoms. The van der Waals surface area contributed by atoms with Crippen molar-refractivity contribution in [2.24, 2.45) is 10.4 Å². The van der Waals surface area contributed by atoms with Gasteiger partial charge in [0.25, 0.3) is 0 Å². The number of ether oxygens (including phenoxy) is 1. The van der Waals surface area contributed by atoms with Gasteiger partial charge >= 0.3 is 0 Å². The lowest BCUT2D eigenvalue weighted by atomic mass is 9.86. The summed E-state index contributed by atoms with van der Waals surface area (Å²) < 4.78 is 5.76. The van der Waals surface area contributed by atoms with E-state index in [4.69, 9.17) is 16.3 Å². The number of hydrogen-bond acceptors (Lipinski definition) is 3. The van der Waals surface area contributed by atoms with Crippen LogP contribution in [0.3, 0.4) is 0 Å². The summed E-state index contributed by atoms with van der Waals surface area (Å²) in [5.74, 6) is 0.865. The van der Waals surface area contributed by atoms with Crippen molar-refractivity contribution in [3.63, 3.8) is 0 Å². The lowest BCUT2D eigenvalue weighted by Crippen LogP contribution is -2.49. The van der Waals surface area contributed by atoms with Crippen molar-refractivity contribution in [1.29, 1.82) is 0 Å². The van der Waals surface area contributed by atoms with E-state index >= 15 is 0 Å². The minimum atomic E-state index is 0. The highest BCUT2D eigenvalue weighted by molar-refractivity contribution is 14.0. The van der Waals surface area contributed by atoms with Crippen LogP contribution in [0.15, 0.2) is 29.3 Å². The summed E-state index contributed by atoms with van der Waals surface area (Å²) in [6.07, 6.45) is 5.32. The second-order valence-corrected chi connectivity index (χ2v) is 9.46. The van der Waals surface area contributed by atoms with Crippen molar-refractivity contribution in [3.05, 3.63) is 34.9 Å². The van der Waals surface area contributed by atoms with Crippen LogP contribution in [0, 0.1) is 5.41 Å². The second-order valence-electron chi connectivity index (χ2n) is 7.75. The zero-order valence-corrected chi connectivity index (χ0v) is 20.7. The number of thioether (sulfide) groups is 1. The Labute approximate surface area is 190 Å². The molecule has 1 fully saturated rings. The summed E-state index contributed by atoms with van der Waals surface area (Å²) in [5.41, 5.74) is 1.36. The van der Waals surface area contributed by atoms with Gasteiger partial charge in [0, 0.05) is 43.1 Å². The molecule has 2 N–H and O–H groups in total. The van der Waals surface area contributed by atoms with E-state index < -0.39 is 0 Å². The van der Waals surface area contributed by atoms with Crippen molar-refractivity contribution < 1.29 is 4.74 Å². The van der Waals surface area contributed by atoms with Crippen LogP contribution in [0.1, 0.15) is 32.3 Å². The van der Waals surface area contributed by atoms with Crippen LogP contribution in [0.2, 0.25) is 5.02 Å². The molecular weight excluding hydrogens is 493 g/mol. The summed E-state index contributed by atoms with van der Waals surface area (Å²) in [4.78, 5) is 4.39. The first-order valence-corrected chi connectivity index (χ1v) is 10.8. The van der Waals surface area contributed by atoms with Gasteiger partial charge in [-0.25, -0.2) is 0 Å². The molecule has 154 valence electrons. The number of hydrogen-bond donors (Lipinski definition) is 2. The highest BCUT2D eigenvalue weighted by Gasteiger charge is 2.32. The average Bonchev–Trinajstić information content (AvgIpc) is 2.62. The topological polar surface area (TPSA) is 45.7 Å². The van der Waals surface area contributed by atoms with Gasteiger partial charge in [-0.05, 0) is 48.6 Å². The first-order chi connectivity index (χ1) is 12.4. The number of nitrogens with zero attached hydrogens (tertiary/aromatic N) is 1. The molecule has 0 atom stereocenters. The Balaban J connectivity index is 0.00000364. The summed E-state index contributed by atoms with van der Waals surface area (Å²) in [6, 6.07) is 8.11. The highest BCUT2D eigenvalue weighted by atomic mass is 127. The Bertz CT molecular complexity index is 607. The predicted octanol–water partition coefficient (Wildman–Crippen LogP) is 4.60. The number of guanidine groups is 1. The minimum absolute atomic E-state index is 0. The van der Waals surface area contributed by atoms with Gasteiger partial charge in [0.15, 0.2) is 5.96 Å². The van der Waals surface area contributed by atoms with E-state index in [1.165, 1.54) is 5.56 Å². The fourth-order valence-corrected chi connectivity index (χ4v) is 4.25. The molecule has 0 aliphatic carbocycles. The third-order valence-electron chi connectivity index (χ3n) is 4.94. The van der Waals surface area contributed by atoms with Gasteiger partial charge in [-0.2, -0.15) is 11.8 Å². The van der Waals surface area contributed by atoms with Crippen molar-refractivity contribution in [3.8, 4) is 0 Å². The van der Waals surface area contributed by atoms with Crippen molar-refractivity contribution in [1.82, 2.24) is 10.6 Å². The zero-order chi connectivity index (χ0) is 19.0. The molecule has 4 nitrogen and oxygen atoms in total. The molecule has 1 aromatic rings. The second kappa shape index (κ2) is 11.7. The molecular formula is C20H33ClIN3OS. The monoisotopic (exact) mass is 525 g/mol. The zero-order valence-electron chi connectivity index (χ0n) is 16.8. The third kappa shape index (κ3) is 8.38. The number of aliphatic imine (C=N–C) groups is 1. The van der Waals surface area contributed by atoms with Crippen molar-refractivity contribution in [2.75, 3.05) is 39.6 Å². The van der Waals surface area contributed by atoms with Crippen LogP contribution in [-0.2, 0) is 11.2 Å². The highest BCUT2D eigenvalue weighted by Crippen LogP contribution is 2.33. The van der Waals surface area contributed by atoms with Crippen LogP contribution in [0.25, 0.3) is 0 Å². The molecule has 1 aliphatic heterocycles. The average molecular weight is 526 g/mol. The van der Waals surface area contributed by atoms with Crippen LogP contribution >= 0.6 is 47.3 Å². The van der Waals surface area contributed by atoms with Crippen molar-refractivity contribution >= 4 is 53.3 Å². The number of nitrogens with one attached hydrogen (secondary N) is 2. The molecule has 0 saturated carbocycles. The predicted molar refractivity (Wildman–Crippen MR) is 130 cm³/mol. The summed E-state index contributed by atoms with van der Waals surface area (Å²) in [6.45, 7) is 7.97. The quantitative estimate of drug-likeness (QED) is 0.310. The molecule has 1 saturated heterocycles. The summed E-state index contributed by atoms with van der Waals surface area (Å²) in [5, 5.41) is 7.80. The molecule has 1 aromatic carbocycles. The van der Waals surface area contributed by atoms with Gasteiger partial charge in [0.1, 0.15) is 0 Å². The number of benzene rings is 1. The Hall–Kier alpha value is -0.180. The van der Waals surface area contributed by atoms with Crippen molar-refractivity contribution in [2.45, 2.75) is 37.9 Å². The number of rotatable bonds is 7. The van der Waals surface area contributed by atoms with E-state index in [2.05, 4.69) is 41.8 Å². The van der Waals surface area contributed by atoms with E-state index in [1.54, 1.807) is 0 Å².